The molecule has 5 heteroatoms. The first-order valence-electron chi connectivity index (χ1n) is 5.60. The summed E-state index contributed by atoms with van der Waals surface area (Å²) in [4.78, 5) is 13.6. The normalized spacial score (nSPS) is 15.5. The van der Waals surface area contributed by atoms with Gasteiger partial charge in [0.1, 0.15) is 11.6 Å². The van der Waals surface area contributed by atoms with Crippen LogP contribution in [0.15, 0.2) is 18.2 Å². The quantitative estimate of drug-likeness (QED) is 0.866. The van der Waals surface area contributed by atoms with E-state index < -0.39 is 17.5 Å². The monoisotopic (exact) mass is 240 g/mol. The van der Waals surface area contributed by atoms with Crippen LogP contribution >= 0.6 is 0 Å². The second kappa shape index (κ2) is 4.79. The van der Waals surface area contributed by atoms with E-state index in [1.807, 2.05) is 6.92 Å². The SMILES string of the molecule is CCN(C(=O)c1cc(F)ccc1F)C1CNC1. The van der Waals surface area contributed by atoms with Crippen LogP contribution in [0.4, 0.5) is 8.78 Å². The van der Waals surface area contributed by atoms with Crippen LogP contribution in [0.2, 0.25) is 0 Å². The maximum absolute atomic E-state index is 13.5. The van der Waals surface area contributed by atoms with E-state index in [1.165, 1.54) is 0 Å². The molecule has 1 aliphatic rings. The van der Waals surface area contributed by atoms with Crippen molar-refractivity contribution in [1.82, 2.24) is 10.2 Å². The Kier molecular flexibility index (Phi) is 3.38. The highest BCUT2D eigenvalue weighted by atomic mass is 19.1. The fourth-order valence-electron chi connectivity index (χ4n) is 1.88. The predicted molar refractivity (Wildman–Crippen MR) is 59.7 cm³/mol. The van der Waals surface area contributed by atoms with Gasteiger partial charge in [-0.3, -0.25) is 4.79 Å². The van der Waals surface area contributed by atoms with Crippen LogP contribution in [0.3, 0.4) is 0 Å². The molecule has 3 nitrogen and oxygen atoms in total. The van der Waals surface area contributed by atoms with Crippen molar-refractivity contribution in [1.29, 1.82) is 0 Å². The highest BCUT2D eigenvalue weighted by Crippen LogP contribution is 2.15. The summed E-state index contributed by atoms with van der Waals surface area (Å²) in [5.74, 6) is -1.73. The molecule has 0 atom stereocenters. The van der Waals surface area contributed by atoms with E-state index in [0.29, 0.717) is 19.6 Å². The van der Waals surface area contributed by atoms with Crippen molar-refractivity contribution in [3.63, 3.8) is 0 Å². The van der Waals surface area contributed by atoms with Crippen molar-refractivity contribution in [3.05, 3.63) is 35.4 Å². The minimum absolute atomic E-state index is 0.0789. The second-order valence-corrected chi connectivity index (χ2v) is 4.03. The van der Waals surface area contributed by atoms with Gasteiger partial charge in [-0.1, -0.05) is 0 Å². The maximum Gasteiger partial charge on any atom is 0.257 e. The van der Waals surface area contributed by atoms with Gasteiger partial charge in [-0.25, -0.2) is 8.78 Å². The number of halogens is 2. The number of amides is 1. The molecule has 1 amide bonds. The zero-order chi connectivity index (χ0) is 12.4. The summed E-state index contributed by atoms with van der Waals surface area (Å²) in [6.45, 7) is 3.72. The zero-order valence-corrected chi connectivity index (χ0v) is 9.54. The van der Waals surface area contributed by atoms with Crippen molar-refractivity contribution in [2.75, 3.05) is 19.6 Å². The third kappa shape index (κ3) is 2.29. The third-order valence-electron chi connectivity index (χ3n) is 2.96. The van der Waals surface area contributed by atoms with Crippen LogP contribution in [0.25, 0.3) is 0 Å². The van der Waals surface area contributed by atoms with Crippen LogP contribution in [-0.2, 0) is 0 Å². The first-order chi connectivity index (χ1) is 8.13. The molecule has 0 saturated carbocycles. The molecule has 1 aromatic carbocycles. The van der Waals surface area contributed by atoms with Gasteiger partial charge < -0.3 is 10.2 Å². The molecule has 92 valence electrons. The van der Waals surface area contributed by atoms with Crippen LogP contribution in [0.5, 0.6) is 0 Å². The molecular formula is C12H14F2N2O. The number of nitrogens with one attached hydrogen (secondary N) is 1. The summed E-state index contributed by atoms with van der Waals surface area (Å²) in [6, 6.07) is 3.02. The molecule has 0 unspecified atom stereocenters. The van der Waals surface area contributed by atoms with Gasteiger partial charge in [0.15, 0.2) is 0 Å². The molecule has 0 radical (unpaired) electrons. The van der Waals surface area contributed by atoms with Gasteiger partial charge in [0.25, 0.3) is 5.91 Å². The van der Waals surface area contributed by atoms with Crippen molar-refractivity contribution < 1.29 is 13.6 Å². The Hall–Kier alpha value is -1.49. The molecule has 0 aliphatic carbocycles. The Labute approximate surface area is 98.4 Å². The molecule has 1 aliphatic heterocycles. The van der Waals surface area contributed by atoms with Crippen molar-refractivity contribution in [2.24, 2.45) is 0 Å². The maximum atomic E-state index is 13.5. The largest absolute Gasteiger partial charge is 0.333 e. The lowest BCUT2D eigenvalue weighted by molar-refractivity contribution is 0.0625. The molecule has 1 fully saturated rings. The summed E-state index contributed by atoms with van der Waals surface area (Å²) in [5.41, 5.74) is -0.196. The van der Waals surface area contributed by atoms with Gasteiger partial charge in [-0.15, -0.1) is 0 Å². The first kappa shape index (κ1) is 12.0. The number of hydrogen-bond acceptors (Lipinski definition) is 2. The fraction of sp³-hybridized carbons (Fsp3) is 0.417. The lowest BCUT2D eigenvalue weighted by atomic mass is 10.1. The van der Waals surface area contributed by atoms with E-state index in [2.05, 4.69) is 5.32 Å². The number of rotatable bonds is 3. The van der Waals surface area contributed by atoms with Crippen LogP contribution in [-0.4, -0.2) is 36.5 Å². The summed E-state index contributed by atoms with van der Waals surface area (Å²) in [6.07, 6.45) is 0. The molecule has 2 rings (SSSR count). The number of benzene rings is 1. The van der Waals surface area contributed by atoms with Gasteiger partial charge in [0.2, 0.25) is 0 Å². The molecule has 0 spiro atoms. The van der Waals surface area contributed by atoms with Crippen molar-refractivity contribution >= 4 is 5.91 Å². The topological polar surface area (TPSA) is 32.3 Å². The van der Waals surface area contributed by atoms with E-state index in [9.17, 15) is 13.6 Å². The Morgan fingerprint density at radius 1 is 1.47 bits per heavy atom. The first-order valence-corrected chi connectivity index (χ1v) is 5.60. The standard InChI is InChI=1S/C12H14F2N2O/c1-2-16(9-6-15-7-9)12(17)10-5-8(13)3-4-11(10)14/h3-5,9,15H,2,6-7H2,1H3. The highest BCUT2D eigenvalue weighted by molar-refractivity contribution is 5.94. The second-order valence-electron chi connectivity index (χ2n) is 4.03. The van der Waals surface area contributed by atoms with Gasteiger partial charge >= 0.3 is 0 Å². The number of nitrogens with zero attached hydrogens (tertiary/aromatic N) is 1. The van der Waals surface area contributed by atoms with E-state index in [-0.39, 0.29) is 11.6 Å². The number of likely N-dealkylation sites (N-methyl/N-ethyl adjacent to an activating group) is 1. The average Bonchev–Trinajstić information content (AvgIpc) is 2.25. The fourth-order valence-corrected chi connectivity index (χ4v) is 1.88. The van der Waals surface area contributed by atoms with Crippen molar-refractivity contribution in [3.8, 4) is 0 Å². The van der Waals surface area contributed by atoms with Crippen LogP contribution in [0, 0.1) is 11.6 Å². The van der Waals surface area contributed by atoms with Gasteiger partial charge in [0.05, 0.1) is 11.6 Å². The Morgan fingerprint density at radius 3 is 2.71 bits per heavy atom. The number of hydrogen-bond donors (Lipinski definition) is 1. The van der Waals surface area contributed by atoms with E-state index >= 15 is 0 Å². The van der Waals surface area contributed by atoms with E-state index in [4.69, 9.17) is 0 Å². The molecule has 0 aromatic heterocycles. The molecule has 0 bridgehead atoms. The van der Waals surface area contributed by atoms with Gasteiger partial charge in [-0.05, 0) is 25.1 Å². The molecule has 1 aromatic rings. The Morgan fingerprint density at radius 2 is 2.18 bits per heavy atom. The zero-order valence-electron chi connectivity index (χ0n) is 9.54. The molecule has 1 heterocycles. The Balaban J connectivity index is 2.25. The van der Waals surface area contributed by atoms with Gasteiger partial charge in [0, 0.05) is 19.6 Å². The lowest BCUT2D eigenvalue weighted by Crippen LogP contribution is -2.58. The molecule has 17 heavy (non-hydrogen) atoms. The highest BCUT2D eigenvalue weighted by Gasteiger charge is 2.29. The third-order valence-corrected chi connectivity index (χ3v) is 2.96. The number of carbonyl (C=O) groups is 1. The molecule has 1 N–H and O–H groups in total. The summed E-state index contributed by atoms with van der Waals surface area (Å²) in [5, 5.41) is 3.05. The van der Waals surface area contributed by atoms with E-state index in [1.54, 1.807) is 4.90 Å². The molecule has 1 saturated heterocycles. The summed E-state index contributed by atoms with van der Waals surface area (Å²) >= 11 is 0. The molecular weight excluding hydrogens is 226 g/mol. The smallest absolute Gasteiger partial charge is 0.257 e. The lowest BCUT2D eigenvalue weighted by Gasteiger charge is -2.37. The minimum atomic E-state index is -0.679. The van der Waals surface area contributed by atoms with Gasteiger partial charge in [-0.2, -0.15) is 0 Å². The average molecular weight is 240 g/mol. The summed E-state index contributed by atoms with van der Waals surface area (Å²) < 4.78 is 26.5. The Bertz CT molecular complexity index is 433. The van der Waals surface area contributed by atoms with Crippen LogP contribution < -0.4 is 5.32 Å². The predicted octanol–water partition coefficient (Wildman–Crippen LogP) is 1.40. The summed E-state index contributed by atoms with van der Waals surface area (Å²) in [7, 11) is 0. The van der Waals surface area contributed by atoms with Crippen LogP contribution in [0.1, 0.15) is 17.3 Å². The minimum Gasteiger partial charge on any atom is -0.333 e. The number of carbonyl (C=O) groups excluding carboxylic acids is 1. The van der Waals surface area contributed by atoms with Crippen molar-refractivity contribution in [2.45, 2.75) is 13.0 Å². The van der Waals surface area contributed by atoms with E-state index in [0.717, 1.165) is 18.2 Å².